The summed E-state index contributed by atoms with van der Waals surface area (Å²) >= 11 is 3.31. The molecule has 0 atom stereocenters. The second kappa shape index (κ2) is 6.57. The molecule has 0 aliphatic rings. The molecule has 17 heavy (non-hydrogen) atoms. The number of ether oxygens (including phenoxy) is 2. The smallest absolute Gasteiger partial charge is 0.170 e. The van der Waals surface area contributed by atoms with Gasteiger partial charge in [-0.3, -0.25) is 0 Å². The van der Waals surface area contributed by atoms with Crippen LogP contribution < -0.4 is 4.74 Å². The fourth-order valence-corrected chi connectivity index (χ4v) is 1.47. The quantitative estimate of drug-likeness (QED) is 0.632. The normalized spacial score (nSPS) is 8.71. The summed E-state index contributed by atoms with van der Waals surface area (Å²) in [5, 5.41) is 17.4. The van der Waals surface area contributed by atoms with Crippen LogP contribution in [0.3, 0.4) is 0 Å². The van der Waals surface area contributed by atoms with Crippen molar-refractivity contribution >= 4 is 15.9 Å². The summed E-state index contributed by atoms with van der Waals surface area (Å²) in [6.07, 6.45) is 0. The van der Waals surface area contributed by atoms with E-state index in [0.29, 0.717) is 5.75 Å². The fourth-order valence-electron chi connectivity index (χ4n) is 1.09. The average Bonchev–Trinajstić information content (AvgIpc) is 2.34. The monoisotopic (exact) mass is 292 g/mol. The molecular formula is C12H9BrN2O2. The third-order valence-electron chi connectivity index (χ3n) is 1.91. The molecule has 0 radical (unpaired) electrons. The van der Waals surface area contributed by atoms with Crippen LogP contribution in [-0.2, 0) is 4.74 Å². The van der Waals surface area contributed by atoms with E-state index in [1.165, 1.54) is 7.11 Å². The topological polar surface area (TPSA) is 66.0 Å². The molecule has 0 N–H and O–H groups in total. The Hall–Kier alpha value is -1.98. The van der Waals surface area contributed by atoms with Gasteiger partial charge in [-0.25, -0.2) is 0 Å². The molecule has 0 spiro atoms. The molecule has 1 aromatic carbocycles. The lowest BCUT2D eigenvalue weighted by atomic mass is 10.3. The average molecular weight is 293 g/mol. The second-order valence-corrected chi connectivity index (χ2v) is 3.89. The zero-order valence-corrected chi connectivity index (χ0v) is 10.7. The minimum atomic E-state index is -0.0810. The minimum Gasteiger partial charge on any atom is -0.495 e. The third-order valence-corrected chi connectivity index (χ3v) is 2.41. The first kappa shape index (κ1) is 13.1. The molecule has 4 nitrogen and oxygen atoms in total. The number of nitrogens with zero attached hydrogens (tertiary/aromatic N) is 2. The van der Waals surface area contributed by atoms with E-state index in [9.17, 15) is 0 Å². The highest BCUT2D eigenvalue weighted by Crippen LogP contribution is 2.18. The van der Waals surface area contributed by atoms with Gasteiger partial charge in [-0.2, -0.15) is 10.5 Å². The molecule has 0 aliphatic heterocycles. The van der Waals surface area contributed by atoms with Crippen LogP contribution in [0.15, 0.2) is 40.1 Å². The highest BCUT2D eigenvalue weighted by molar-refractivity contribution is 9.10. The Balaban J connectivity index is 2.77. The van der Waals surface area contributed by atoms with Crippen molar-refractivity contribution in [3.05, 3.63) is 40.1 Å². The van der Waals surface area contributed by atoms with Gasteiger partial charge in [-0.15, -0.1) is 0 Å². The Kier molecular flexibility index (Phi) is 5.06. The largest absolute Gasteiger partial charge is 0.495 e. The highest BCUT2D eigenvalue weighted by atomic mass is 79.9. The maximum atomic E-state index is 8.70. The Bertz CT molecular complexity index is 496. The second-order valence-electron chi connectivity index (χ2n) is 2.97. The van der Waals surface area contributed by atoms with Crippen LogP contribution in [-0.4, -0.2) is 13.7 Å². The summed E-state index contributed by atoms with van der Waals surface area (Å²) in [4.78, 5) is 0. The fraction of sp³-hybridized carbons (Fsp3) is 0.167. The van der Waals surface area contributed by atoms with Gasteiger partial charge in [-0.1, -0.05) is 22.0 Å². The van der Waals surface area contributed by atoms with Crippen LogP contribution in [0, 0.1) is 22.7 Å². The van der Waals surface area contributed by atoms with Gasteiger partial charge in [0.15, 0.2) is 11.3 Å². The summed E-state index contributed by atoms with van der Waals surface area (Å²) in [6.45, 7) is 0.0450. The number of hydrogen-bond acceptors (Lipinski definition) is 4. The molecule has 1 aromatic rings. The first-order valence-electron chi connectivity index (χ1n) is 4.67. The van der Waals surface area contributed by atoms with Gasteiger partial charge in [0.1, 0.15) is 24.5 Å². The predicted octanol–water partition coefficient (Wildman–Crippen LogP) is 2.78. The molecule has 0 saturated heterocycles. The summed E-state index contributed by atoms with van der Waals surface area (Å²) in [7, 11) is 1.40. The molecule has 0 amide bonds. The van der Waals surface area contributed by atoms with Crippen LogP contribution in [0.25, 0.3) is 0 Å². The van der Waals surface area contributed by atoms with Gasteiger partial charge in [0.2, 0.25) is 0 Å². The molecule has 0 bridgehead atoms. The minimum absolute atomic E-state index is 0.0450. The van der Waals surface area contributed by atoms with Crippen molar-refractivity contribution in [2.24, 2.45) is 0 Å². The van der Waals surface area contributed by atoms with E-state index >= 15 is 0 Å². The molecule has 1 rings (SSSR count). The van der Waals surface area contributed by atoms with Gasteiger partial charge in [-0.05, 0) is 18.2 Å². The summed E-state index contributed by atoms with van der Waals surface area (Å²) in [5.74, 6) is 0.846. The van der Waals surface area contributed by atoms with Gasteiger partial charge in [0, 0.05) is 4.47 Å². The lowest BCUT2D eigenvalue weighted by molar-refractivity contribution is 0.217. The summed E-state index contributed by atoms with van der Waals surface area (Å²) in [6, 6.07) is 10.8. The van der Waals surface area contributed by atoms with E-state index in [2.05, 4.69) is 15.9 Å². The lowest BCUT2D eigenvalue weighted by Gasteiger charge is -2.08. The van der Waals surface area contributed by atoms with E-state index in [0.717, 1.165) is 4.47 Å². The van der Waals surface area contributed by atoms with Gasteiger partial charge in [0.05, 0.1) is 7.11 Å². The Morgan fingerprint density at radius 2 is 2.06 bits per heavy atom. The van der Waals surface area contributed by atoms with Gasteiger partial charge in [0.25, 0.3) is 0 Å². The van der Waals surface area contributed by atoms with Crippen LogP contribution in [0.5, 0.6) is 5.75 Å². The van der Waals surface area contributed by atoms with Crippen molar-refractivity contribution in [2.75, 3.05) is 13.7 Å². The molecule has 0 saturated carbocycles. The third kappa shape index (κ3) is 3.82. The Morgan fingerprint density at radius 1 is 1.35 bits per heavy atom. The van der Waals surface area contributed by atoms with Crippen LogP contribution in [0.4, 0.5) is 0 Å². The highest BCUT2D eigenvalue weighted by Gasteiger charge is 2.07. The molecular weight excluding hydrogens is 284 g/mol. The van der Waals surface area contributed by atoms with E-state index in [4.69, 9.17) is 20.0 Å². The number of methoxy groups -OCH3 is 1. The maximum absolute atomic E-state index is 8.70. The Labute approximate surface area is 108 Å². The Morgan fingerprint density at radius 3 is 2.59 bits per heavy atom. The van der Waals surface area contributed by atoms with Crippen molar-refractivity contribution < 1.29 is 9.47 Å². The van der Waals surface area contributed by atoms with E-state index in [-0.39, 0.29) is 17.9 Å². The van der Waals surface area contributed by atoms with E-state index in [1.54, 1.807) is 24.3 Å². The molecule has 0 fully saturated rings. The lowest BCUT2D eigenvalue weighted by Crippen LogP contribution is -2.05. The molecule has 86 valence electrons. The number of rotatable bonds is 4. The van der Waals surface area contributed by atoms with Gasteiger partial charge < -0.3 is 9.47 Å². The van der Waals surface area contributed by atoms with Crippen LogP contribution >= 0.6 is 15.9 Å². The van der Waals surface area contributed by atoms with Crippen molar-refractivity contribution in [2.45, 2.75) is 0 Å². The molecule has 0 aliphatic carbocycles. The van der Waals surface area contributed by atoms with Crippen molar-refractivity contribution in [1.82, 2.24) is 0 Å². The first-order valence-corrected chi connectivity index (χ1v) is 5.46. The number of nitriles is 2. The molecule has 0 unspecified atom stereocenters. The van der Waals surface area contributed by atoms with Crippen molar-refractivity contribution in [1.29, 1.82) is 10.5 Å². The zero-order valence-electron chi connectivity index (χ0n) is 9.11. The summed E-state index contributed by atoms with van der Waals surface area (Å²) < 4.78 is 11.2. The number of allylic oxidation sites excluding steroid dienone is 1. The van der Waals surface area contributed by atoms with Crippen molar-refractivity contribution in [3.8, 4) is 17.9 Å². The maximum Gasteiger partial charge on any atom is 0.170 e. The zero-order chi connectivity index (χ0) is 12.7. The molecule has 5 heteroatoms. The van der Waals surface area contributed by atoms with Crippen LogP contribution in [0.1, 0.15) is 0 Å². The number of benzene rings is 1. The molecule has 0 aromatic heterocycles. The van der Waals surface area contributed by atoms with E-state index < -0.39 is 0 Å². The predicted molar refractivity (Wildman–Crippen MR) is 64.9 cm³/mol. The standard InChI is InChI=1S/C12H9BrN2O2/c1-16-12(9(6-14)7-15)8-17-11-4-2-3-10(13)5-11/h2-5H,8H2,1H3. The SMILES string of the molecule is COC(COc1cccc(Br)c1)=C(C#N)C#N. The number of hydrogen-bond donors (Lipinski definition) is 0. The van der Waals surface area contributed by atoms with Crippen molar-refractivity contribution in [3.63, 3.8) is 0 Å². The molecule has 0 heterocycles. The number of halogens is 1. The van der Waals surface area contributed by atoms with Gasteiger partial charge >= 0.3 is 0 Å². The van der Waals surface area contributed by atoms with E-state index in [1.807, 2.05) is 12.1 Å². The first-order chi connectivity index (χ1) is 8.21. The van der Waals surface area contributed by atoms with Crippen LogP contribution in [0.2, 0.25) is 0 Å². The summed E-state index contributed by atoms with van der Waals surface area (Å²) in [5.41, 5.74) is -0.0810.